The van der Waals surface area contributed by atoms with Crippen LogP contribution in [0.2, 0.25) is 0 Å². The fourth-order valence-corrected chi connectivity index (χ4v) is 8.33. The average molecular weight is 314 g/mol. The zero-order valence-corrected chi connectivity index (χ0v) is 13.7. The van der Waals surface area contributed by atoms with Crippen molar-refractivity contribution in [3.63, 3.8) is 0 Å². The zero-order valence-electron chi connectivity index (χ0n) is 12.9. The van der Waals surface area contributed by atoms with Crippen LogP contribution in [0, 0.1) is 29.6 Å². The topological polar surface area (TPSA) is 34.1 Å². The van der Waals surface area contributed by atoms with Crippen LogP contribution in [0.4, 0.5) is 0 Å². The monoisotopic (exact) mass is 314 g/mol. The molecule has 0 radical (unpaired) electrons. The number of allylic oxidation sites excluding steroid dienone is 2. The highest BCUT2D eigenvalue weighted by Crippen LogP contribution is 2.66. The van der Waals surface area contributed by atoms with Gasteiger partial charge in [-0.15, -0.1) is 0 Å². The molecule has 5 rings (SSSR count). The number of rotatable bonds is 2. The van der Waals surface area contributed by atoms with Crippen molar-refractivity contribution in [3.8, 4) is 0 Å². The highest BCUT2D eigenvalue weighted by atomic mass is 32.2. The Bertz CT molecular complexity index is 762. The van der Waals surface area contributed by atoms with Crippen LogP contribution in [0.25, 0.3) is 0 Å². The van der Waals surface area contributed by atoms with Gasteiger partial charge < -0.3 is 0 Å². The second-order valence-corrected chi connectivity index (χ2v) is 9.91. The summed E-state index contributed by atoms with van der Waals surface area (Å²) in [6.45, 7) is 2.30. The van der Waals surface area contributed by atoms with E-state index in [0.29, 0.717) is 28.6 Å². The Labute approximate surface area is 132 Å². The van der Waals surface area contributed by atoms with Crippen LogP contribution in [-0.2, 0) is 9.84 Å². The lowest BCUT2D eigenvalue weighted by molar-refractivity contribution is 0.410. The quantitative estimate of drug-likeness (QED) is 0.614. The second kappa shape index (κ2) is 4.25. The van der Waals surface area contributed by atoms with Gasteiger partial charge in [-0.05, 0) is 61.5 Å². The van der Waals surface area contributed by atoms with Crippen molar-refractivity contribution in [1.29, 1.82) is 0 Å². The molecule has 1 aromatic rings. The molecule has 4 aliphatic rings. The highest BCUT2D eigenvalue weighted by Gasteiger charge is 2.60. The maximum absolute atomic E-state index is 13.1. The maximum atomic E-state index is 13.1. The predicted molar refractivity (Wildman–Crippen MR) is 86.0 cm³/mol. The van der Waals surface area contributed by atoms with Crippen LogP contribution in [0.3, 0.4) is 0 Å². The van der Waals surface area contributed by atoms with Crippen LogP contribution < -0.4 is 0 Å². The summed E-state index contributed by atoms with van der Waals surface area (Å²) in [7, 11) is -3.19. The molecule has 1 aromatic carbocycles. The fourth-order valence-electron chi connectivity index (χ4n) is 6.20. The van der Waals surface area contributed by atoms with E-state index in [2.05, 4.69) is 6.92 Å². The predicted octanol–water partition coefficient (Wildman–Crippen LogP) is 3.84. The summed E-state index contributed by atoms with van der Waals surface area (Å²) >= 11 is 0. The first kappa shape index (κ1) is 13.4. The average Bonchev–Trinajstić information content (AvgIpc) is 3.27. The van der Waals surface area contributed by atoms with Gasteiger partial charge in [0.2, 0.25) is 0 Å². The first-order chi connectivity index (χ1) is 10.6. The summed E-state index contributed by atoms with van der Waals surface area (Å²) < 4.78 is 26.3. The van der Waals surface area contributed by atoms with Crippen molar-refractivity contribution in [2.24, 2.45) is 29.6 Å². The first-order valence-electron chi connectivity index (χ1n) is 8.62. The van der Waals surface area contributed by atoms with Gasteiger partial charge in [0.15, 0.2) is 9.84 Å². The largest absolute Gasteiger partial charge is 0.223 e. The first-order valence-corrected chi connectivity index (χ1v) is 10.2. The summed E-state index contributed by atoms with van der Waals surface area (Å²) in [5.74, 6) is 2.92. The molecule has 4 bridgehead atoms. The Morgan fingerprint density at radius 2 is 1.64 bits per heavy atom. The lowest BCUT2D eigenvalue weighted by Crippen LogP contribution is -2.31. The summed E-state index contributed by atoms with van der Waals surface area (Å²) in [6, 6.07) is 9.10. The molecule has 2 saturated carbocycles. The maximum Gasteiger partial charge on any atom is 0.181 e. The summed E-state index contributed by atoms with van der Waals surface area (Å²) in [6.07, 6.45) is 4.85. The zero-order chi connectivity index (χ0) is 15.1. The van der Waals surface area contributed by atoms with Crippen LogP contribution in [0.5, 0.6) is 0 Å². The second-order valence-electron chi connectivity index (χ2n) is 7.74. The van der Waals surface area contributed by atoms with Crippen molar-refractivity contribution in [2.45, 2.75) is 42.8 Å². The molecular weight excluding hydrogens is 292 g/mol. The summed E-state index contributed by atoms with van der Waals surface area (Å²) in [5.41, 5.74) is 3.32. The normalized spacial score (nSPS) is 42.2. The molecule has 116 valence electrons. The molecular formula is C19H22O2S. The van der Waals surface area contributed by atoms with Crippen molar-refractivity contribution >= 4 is 9.84 Å². The van der Waals surface area contributed by atoms with Gasteiger partial charge in [0.1, 0.15) is 0 Å². The molecule has 0 spiro atoms. The van der Waals surface area contributed by atoms with E-state index in [4.69, 9.17) is 0 Å². The van der Waals surface area contributed by atoms with Crippen molar-refractivity contribution in [3.05, 3.63) is 41.5 Å². The van der Waals surface area contributed by atoms with Gasteiger partial charge in [-0.25, -0.2) is 8.42 Å². The summed E-state index contributed by atoms with van der Waals surface area (Å²) in [5, 5.41) is -0.173. The number of hydrogen-bond acceptors (Lipinski definition) is 2. The van der Waals surface area contributed by atoms with E-state index in [1.165, 1.54) is 19.3 Å². The van der Waals surface area contributed by atoms with Crippen molar-refractivity contribution in [1.82, 2.24) is 0 Å². The SMILES string of the molecule is CC1C2CC(S(=O)(=O)c3ccccc3)C1C1=C2C2CCC1C2. The molecule has 0 amide bonds. The molecule has 2 fully saturated rings. The van der Waals surface area contributed by atoms with Crippen molar-refractivity contribution in [2.75, 3.05) is 0 Å². The van der Waals surface area contributed by atoms with Gasteiger partial charge in [0.25, 0.3) is 0 Å². The van der Waals surface area contributed by atoms with Crippen LogP contribution in [0.1, 0.15) is 32.6 Å². The van der Waals surface area contributed by atoms with Crippen molar-refractivity contribution < 1.29 is 8.42 Å². The van der Waals surface area contributed by atoms with Crippen LogP contribution >= 0.6 is 0 Å². The van der Waals surface area contributed by atoms with E-state index >= 15 is 0 Å². The lowest BCUT2D eigenvalue weighted by atomic mass is 9.82. The molecule has 0 saturated heterocycles. The smallest absolute Gasteiger partial charge is 0.181 e. The number of fused-ring (bicyclic) bond motifs is 8. The van der Waals surface area contributed by atoms with Crippen LogP contribution in [0.15, 0.2) is 46.4 Å². The molecule has 3 heteroatoms. The Balaban J connectivity index is 1.59. The van der Waals surface area contributed by atoms with Gasteiger partial charge in [-0.1, -0.05) is 36.3 Å². The van der Waals surface area contributed by atoms with Gasteiger partial charge in [-0.2, -0.15) is 0 Å². The number of sulfone groups is 1. The standard InChI is InChI=1S/C19H22O2S/c1-11-15-10-16(22(20,21)14-5-3-2-4-6-14)17(11)19-13-8-7-12(9-13)18(15)19/h2-6,11-13,15-17H,7-10H2,1H3. The molecule has 0 N–H and O–H groups in total. The number of benzene rings is 1. The Kier molecular flexibility index (Phi) is 2.58. The molecule has 6 unspecified atom stereocenters. The third-order valence-corrected chi connectivity index (χ3v) is 9.17. The molecule has 22 heavy (non-hydrogen) atoms. The fraction of sp³-hybridized carbons (Fsp3) is 0.579. The van der Waals surface area contributed by atoms with E-state index in [-0.39, 0.29) is 5.25 Å². The summed E-state index contributed by atoms with van der Waals surface area (Å²) in [4.78, 5) is 0.519. The third-order valence-electron chi connectivity index (χ3n) is 6.96. The Morgan fingerprint density at radius 3 is 2.36 bits per heavy atom. The minimum absolute atomic E-state index is 0.173. The molecule has 2 nitrogen and oxygen atoms in total. The van der Waals surface area contributed by atoms with E-state index in [1.807, 2.05) is 18.2 Å². The van der Waals surface area contributed by atoms with Crippen LogP contribution in [-0.4, -0.2) is 13.7 Å². The molecule has 0 aliphatic heterocycles. The van der Waals surface area contributed by atoms with E-state index in [0.717, 1.165) is 12.3 Å². The third kappa shape index (κ3) is 1.49. The van der Waals surface area contributed by atoms with Gasteiger partial charge in [-0.3, -0.25) is 0 Å². The molecule has 0 aromatic heterocycles. The van der Waals surface area contributed by atoms with Gasteiger partial charge in [0, 0.05) is 5.92 Å². The Morgan fingerprint density at radius 1 is 0.955 bits per heavy atom. The minimum atomic E-state index is -3.19. The molecule has 6 atom stereocenters. The Hall–Kier alpha value is -1.09. The minimum Gasteiger partial charge on any atom is -0.223 e. The van der Waals surface area contributed by atoms with Gasteiger partial charge >= 0.3 is 0 Å². The highest BCUT2D eigenvalue weighted by molar-refractivity contribution is 7.92. The van der Waals surface area contributed by atoms with E-state index in [1.54, 1.807) is 23.3 Å². The van der Waals surface area contributed by atoms with E-state index < -0.39 is 9.84 Å². The molecule has 4 aliphatic carbocycles. The van der Waals surface area contributed by atoms with E-state index in [9.17, 15) is 8.42 Å². The van der Waals surface area contributed by atoms with Gasteiger partial charge in [0.05, 0.1) is 10.1 Å². The molecule has 0 heterocycles. The lowest BCUT2D eigenvalue weighted by Gasteiger charge is -2.30. The number of hydrogen-bond donors (Lipinski definition) is 0.